The van der Waals surface area contributed by atoms with Gasteiger partial charge < -0.3 is 9.26 Å². The first-order chi connectivity index (χ1) is 10.2. The number of rotatable bonds is 7. The molecule has 0 aliphatic heterocycles. The minimum Gasteiger partial charge on any atom is -0.465 e. The lowest BCUT2D eigenvalue weighted by Gasteiger charge is -2.19. The number of esters is 1. The Morgan fingerprint density at radius 2 is 2.05 bits per heavy atom. The van der Waals surface area contributed by atoms with Crippen molar-refractivity contribution in [2.45, 2.75) is 26.9 Å². The van der Waals surface area contributed by atoms with Gasteiger partial charge in [-0.25, -0.2) is 0 Å². The maximum atomic E-state index is 11.7. The van der Waals surface area contributed by atoms with Gasteiger partial charge in [0.25, 0.3) is 0 Å². The van der Waals surface area contributed by atoms with E-state index in [0.717, 1.165) is 17.0 Å². The standard InChI is InChI=1S/C16H20N2O3/c1-3-20-16(19)12-18(10-14-7-5-4-6-8-14)11-15-9-13(2)17-21-15/h4-9H,3,10-12H2,1-2H3. The smallest absolute Gasteiger partial charge is 0.320 e. The molecule has 0 fully saturated rings. The van der Waals surface area contributed by atoms with Crippen LogP contribution in [0.5, 0.6) is 0 Å². The zero-order valence-corrected chi connectivity index (χ0v) is 12.4. The average Bonchev–Trinajstić information content (AvgIpc) is 2.85. The lowest BCUT2D eigenvalue weighted by Crippen LogP contribution is -2.30. The van der Waals surface area contributed by atoms with E-state index in [-0.39, 0.29) is 12.5 Å². The Balaban J connectivity index is 2.04. The van der Waals surface area contributed by atoms with Crippen LogP contribution in [0.3, 0.4) is 0 Å². The summed E-state index contributed by atoms with van der Waals surface area (Å²) in [5, 5.41) is 3.87. The first-order valence-electron chi connectivity index (χ1n) is 7.01. The number of carbonyl (C=O) groups is 1. The average molecular weight is 288 g/mol. The molecule has 0 saturated carbocycles. The molecule has 1 aromatic carbocycles. The van der Waals surface area contributed by atoms with E-state index in [1.807, 2.05) is 48.2 Å². The molecule has 0 spiro atoms. The Morgan fingerprint density at radius 3 is 2.67 bits per heavy atom. The monoisotopic (exact) mass is 288 g/mol. The molecule has 1 heterocycles. The highest BCUT2D eigenvalue weighted by molar-refractivity contribution is 5.71. The van der Waals surface area contributed by atoms with Crippen LogP contribution in [0.15, 0.2) is 40.9 Å². The molecule has 1 aromatic heterocycles. The van der Waals surface area contributed by atoms with E-state index in [9.17, 15) is 4.79 Å². The number of hydrogen-bond donors (Lipinski definition) is 0. The highest BCUT2D eigenvalue weighted by atomic mass is 16.5. The van der Waals surface area contributed by atoms with Crippen LogP contribution < -0.4 is 0 Å². The van der Waals surface area contributed by atoms with E-state index in [1.54, 1.807) is 6.92 Å². The van der Waals surface area contributed by atoms with Gasteiger partial charge in [-0.3, -0.25) is 9.69 Å². The van der Waals surface area contributed by atoms with Crippen molar-refractivity contribution in [1.82, 2.24) is 10.1 Å². The normalized spacial score (nSPS) is 10.8. The summed E-state index contributed by atoms with van der Waals surface area (Å²) in [5.74, 6) is 0.511. The van der Waals surface area contributed by atoms with Crippen LogP contribution >= 0.6 is 0 Å². The molecule has 0 N–H and O–H groups in total. The van der Waals surface area contributed by atoms with E-state index in [2.05, 4.69) is 5.16 Å². The number of aryl methyl sites for hydroxylation is 1. The van der Waals surface area contributed by atoms with Crippen LogP contribution in [0.2, 0.25) is 0 Å². The van der Waals surface area contributed by atoms with Crippen molar-refractivity contribution in [2.75, 3.05) is 13.2 Å². The summed E-state index contributed by atoms with van der Waals surface area (Å²) in [4.78, 5) is 13.7. The van der Waals surface area contributed by atoms with Crippen molar-refractivity contribution in [3.8, 4) is 0 Å². The van der Waals surface area contributed by atoms with Crippen molar-refractivity contribution in [3.05, 3.63) is 53.4 Å². The molecular weight excluding hydrogens is 268 g/mol. The van der Waals surface area contributed by atoms with Crippen molar-refractivity contribution in [3.63, 3.8) is 0 Å². The van der Waals surface area contributed by atoms with Gasteiger partial charge >= 0.3 is 5.97 Å². The maximum Gasteiger partial charge on any atom is 0.320 e. The van der Waals surface area contributed by atoms with E-state index in [0.29, 0.717) is 19.7 Å². The highest BCUT2D eigenvalue weighted by Gasteiger charge is 2.15. The Labute approximate surface area is 124 Å². The molecule has 2 aromatic rings. The third-order valence-corrected chi connectivity index (χ3v) is 2.96. The molecule has 0 aliphatic carbocycles. The second kappa shape index (κ2) is 7.59. The molecule has 2 rings (SSSR count). The minimum atomic E-state index is -0.232. The number of aromatic nitrogens is 1. The Bertz CT molecular complexity index is 566. The van der Waals surface area contributed by atoms with Crippen LogP contribution in [0, 0.1) is 6.92 Å². The molecule has 0 saturated heterocycles. The van der Waals surface area contributed by atoms with Gasteiger partial charge in [-0.05, 0) is 19.4 Å². The van der Waals surface area contributed by atoms with Gasteiger partial charge in [0.1, 0.15) is 0 Å². The fraction of sp³-hybridized carbons (Fsp3) is 0.375. The van der Waals surface area contributed by atoms with Crippen LogP contribution in [-0.2, 0) is 22.6 Å². The fourth-order valence-electron chi connectivity index (χ4n) is 2.11. The summed E-state index contributed by atoms with van der Waals surface area (Å²) < 4.78 is 10.3. The largest absolute Gasteiger partial charge is 0.465 e. The zero-order chi connectivity index (χ0) is 15.1. The molecule has 0 amide bonds. The van der Waals surface area contributed by atoms with E-state index in [1.165, 1.54) is 0 Å². The van der Waals surface area contributed by atoms with Gasteiger partial charge in [0, 0.05) is 12.6 Å². The van der Waals surface area contributed by atoms with Crippen molar-refractivity contribution >= 4 is 5.97 Å². The quantitative estimate of drug-likeness (QED) is 0.733. The fourth-order valence-corrected chi connectivity index (χ4v) is 2.11. The second-order valence-electron chi connectivity index (χ2n) is 4.87. The van der Waals surface area contributed by atoms with Gasteiger partial charge in [-0.15, -0.1) is 0 Å². The Hall–Kier alpha value is -2.14. The molecule has 5 heteroatoms. The van der Waals surface area contributed by atoms with E-state index >= 15 is 0 Å². The van der Waals surface area contributed by atoms with Crippen LogP contribution in [0.4, 0.5) is 0 Å². The zero-order valence-electron chi connectivity index (χ0n) is 12.4. The van der Waals surface area contributed by atoms with Gasteiger partial charge in [-0.2, -0.15) is 0 Å². The van der Waals surface area contributed by atoms with Gasteiger partial charge in [-0.1, -0.05) is 35.5 Å². The summed E-state index contributed by atoms with van der Waals surface area (Å²) in [5.41, 5.74) is 1.97. The Morgan fingerprint density at radius 1 is 1.29 bits per heavy atom. The van der Waals surface area contributed by atoms with Gasteiger partial charge in [0.05, 0.1) is 25.4 Å². The third kappa shape index (κ3) is 5.04. The number of hydrogen-bond acceptors (Lipinski definition) is 5. The summed E-state index contributed by atoms with van der Waals surface area (Å²) in [6.45, 7) is 5.47. The predicted molar refractivity (Wildman–Crippen MR) is 78.4 cm³/mol. The molecule has 0 aliphatic rings. The summed E-state index contributed by atoms with van der Waals surface area (Å²) >= 11 is 0. The summed E-state index contributed by atoms with van der Waals surface area (Å²) in [6, 6.07) is 11.9. The minimum absolute atomic E-state index is 0.225. The molecular formula is C16H20N2O3. The van der Waals surface area contributed by atoms with E-state index in [4.69, 9.17) is 9.26 Å². The van der Waals surface area contributed by atoms with Crippen LogP contribution in [0.25, 0.3) is 0 Å². The topological polar surface area (TPSA) is 55.6 Å². The summed E-state index contributed by atoms with van der Waals surface area (Å²) in [6.07, 6.45) is 0. The predicted octanol–water partition coefficient (Wildman–Crippen LogP) is 2.55. The molecule has 112 valence electrons. The van der Waals surface area contributed by atoms with Crippen molar-refractivity contribution in [2.24, 2.45) is 0 Å². The molecule has 0 bridgehead atoms. The summed E-state index contributed by atoms with van der Waals surface area (Å²) in [7, 11) is 0. The maximum absolute atomic E-state index is 11.7. The third-order valence-electron chi connectivity index (χ3n) is 2.96. The highest BCUT2D eigenvalue weighted by Crippen LogP contribution is 2.11. The lowest BCUT2D eigenvalue weighted by atomic mass is 10.2. The van der Waals surface area contributed by atoms with E-state index < -0.39 is 0 Å². The molecule has 0 radical (unpaired) electrons. The lowest BCUT2D eigenvalue weighted by molar-refractivity contribution is -0.144. The number of ether oxygens (including phenoxy) is 1. The molecule has 0 atom stereocenters. The molecule has 21 heavy (non-hydrogen) atoms. The number of benzene rings is 1. The number of carbonyl (C=O) groups excluding carboxylic acids is 1. The second-order valence-corrected chi connectivity index (χ2v) is 4.87. The van der Waals surface area contributed by atoms with Gasteiger partial charge in [0.2, 0.25) is 0 Å². The first kappa shape index (κ1) is 15.3. The van der Waals surface area contributed by atoms with Crippen LogP contribution in [-0.4, -0.2) is 29.2 Å². The van der Waals surface area contributed by atoms with Crippen LogP contribution in [0.1, 0.15) is 23.9 Å². The van der Waals surface area contributed by atoms with Crippen molar-refractivity contribution in [1.29, 1.82) is 0 Å². The van der Waals surface area contributed by atoms with Crippen molar-refractivity contribution < 1.29 is 14.1 Å². The molecule has 5 nitrogen and oxygen atoms in total. The first-order valence-corrected chi connectivity index (χ1v) is 7.01. The van der Waals surface area contributed by atoms with Gasteiger partial charge in [0.15, 0.2) is 5.76 Å². The Kier molecular flexibility index (Phi) is 5.51. The molecule has 0 unspecified atom stereocenters. The SMILES string of the molecule is CCOC(=O)CN(Cc1ccccc1)Cc1cc(C)no1. The number of nitrogens with zero attached hydrogens (tertiary/aromatic N) is 2.